The Morgan fingerprint density at radius 1 is 1.12 bits per heavy atom. The Bertz CT molecular complexity index is 1010. The Kier molecular flexibility index (Phi) is 6.44. The van der Waals surface area contributed by atoms with Crippen molar-refractivity contribution in [1.82, 2.24) is 15.5 Å². The van der Waals surface area contributed by atoms with Crippen molar-refractivity contribution < 1.29 is 28.6 Å². The van der Waals surface area contributed by atoms with Gasteiger partial charge in [0.1, 0.15) is 11.8 Å². The monoisotopic (exact) mass is 439 g/mol. The van der Waals surface area contributed by atoms with E-state index in [-0.39, 0.29) is 38.0 Å². The highest BCUT2D eigenvalue weighted by Gasteiger charge is 2.38. The van der Waals surface area contributed by atoms with Crippen molar-refractivity contribution in [2.45, 2.75) is 31.8 Å². The fraction of sp³-hybridized carbons (Fsp3) is 0.348. The molecule has 32 heavy (non-hydrogen) atoms. The third-order valence-corrected chi connectivity index (χ3v) is 5.44. The number of nitrogens with one attached hydrogen (secondary N) is 2. The third-order valence-electron chi connectivity index (χ3n) is 5.44. The first-order valence-electron chi connectivity index (χ1n) is 10.4. The zero-order chi connectivity index (χ0) is 22.5. The highest BCUT2D eigenvalue weighted by Crippen LogP contribution is 2.33. The van der Waals surface area contributed by atoms with E-state index in [1.165, 1.54) is 0 Å². The minimum atomic E-state index is -0.705. The van der Waals surface area contributed by atoms with Crippen LogP contribution >= 0.6 is 0 Å². The van der Waals surface area contributed by atoms with Gasteiger partial charge in [0, 0.05) is 13.0 Å². The van der Waals surface area contributed by atoms with Gasteiger partial charge in [-0.2, -0.15) is 0 Å². The van der Waals surface area contributed by atoms with Crippen LogP contribution in [0.25, 0.3) is 0 Å². The molecule has 2 aliphatic heterocycles. The van der Waals surface area contributed by atoms with Gasteiger partial charge in [0.2, 0.25) is 12.7 Å². The number of fused-ring (bicyclic) bond motifs is 1. The number of urea groups is 1. The number of methoxy groups -OCH3 is 1. The molecule has 2 aromatic carbocycles. The van der Waals surface area contributed by atoms with Crippen LogP contribution in [0.1, 0.15) is 24.0 Å². The van der Waals surface area contributed by atoms with E-state index in [0.717, 1.165) is 21.8 Å². The van der Waals surface area contributed by atoms with Gasteiger partial charge in [0.05, 0.1) is 13.7 Å². The predicted octanol–water partition coefficient (Wildman–Crippen LogP) is 1.98. The van der Waals surface area contributed by atoms with Crippen LogP contribution in [0, 0.1) is 0 Å². The van der Waals surface area contributed by atoms with Gasteiger partial charge in [-0.15, -0.1) is 0 Å². The van der Waals surface area contributed by atoms with Gasteiger partial charge >= 0.3 is 6.03 Å². The number of hydrogen-bond acceptors (Lipinski definition) is 6. The van der Waals surface area contributed by atoms with E-state index in [0.29, 0.717) is 24.5 Å². The van der Waals surface area contributed by atoms with E-state index in [2.05, 4.69) is 10.6 Å². The highest BCUT2D eigenvalue weighted by atomic mass is 16.7. The first-order valence-corrected chi connectivity index (χ1v) is 10.4. The Labute approximate surface area is 185 Å². The zero-order valence-electron chi connectivity index (χ0n) is 17.8. The van der Waals surface area contributed by atoms with Crippen molar-refractivity contribution in [1.29, 1.82) is 0 Å². The lowest BCUT2D eigenvalue weighted by Crippen LogP contribution is -2.33. The second-order valence-corrected chi connectivity index (χ2v) is 7.60. The Morgan fingerprint density at radius 3 is 2.66 bits per heavy atom. The maximum Gasteiger partial charge on any atom is 0.325 e. The number of carbonyl (C=O) groups is 3. The van der Waals surface area contributed by atoms with Crippen molar-refractivity contribution in [2.24, 2.45) is 0 Å². The number of imide groups is 1. The van der Waals surface area contributed by atoms with Gasteiger partial charge in [0.25, 0.3) is 5.91 Å². The SMILES string of the molecule is COc1ccc(CCNC(=O)CCC2NC(=O)N(Cc3ccc4c(c3)OCO4)C2=O)cc1. The minimum Gasteiger partial charge on any atom is -0.497 e. The lowest BCUT2D eigenvalue weighted by molar-refractivity contribution is -0.128. The van der Waals surface area contributed by atoms with Crippen molar-refractivity contribution in [2.75, 3.05) is 20.4 Å². The lowest BCUT2D eigenvalue weighted by atomic mass is 10.1. The van der Waals surface area contributed by atoms with Crippen LogP contribution in [0.15, 0.2) is 42.5 Å². The molecule has 0 radical (unpaired) electrons. The summed E-state index contributed by atoms with van der Waals surface area (Å²) in [6.45, 7) is 0.782. The molecule has 2 aromatic rings. The van der Waals surface area contributed by atoms with Crippen molar-refractivity contribution >= 4 is 17.8 Å². The molecule has 1 atom stereocenters. The number of hydrogen-bond donors (Lipinski definition) is 2. The molecule has 0 bridgehead atoms. The van der Waals surface area contributed by atoms with Crippen LogP contribution in [-0.4, -0.2) is 49.2 Å². The summed E-state index contributed by atoms with van der Waals surface area (Å²) in [4.78, 5) is 38.3. The van der Waals surface area contributed by atoms with Crippen LogP contribution in [0.4, 0.5) is 4.79 Å². The first-order chi connectivity index (χ1) is 15.5. The van der Waals surface area contributed by atoms with E-state index in [1.54, 1.807) is 25.3 Å². The number of ether oxygens (including phenoxy) is 3. The van der Waals surface area contributed by atoms with Crippen molar-refractivity contribution in [3.63, 3.8) is 0 Å². The molecule has 9 nitrogen and oxygen atoms in total. The molecule has 1 saturated heterocycles. The van der Waals surface area contributed by atoms with E-state index >= 15 is 0 Å². The number of amides is 4. The van der Waals surface area contributed by atoms with Gasteiger partial charge in [-0.3, -0.25) is 14.5 Å². The fourth-order valence-electron chi connectivity index (χ4n) is 3.65. The second-order valence-electron chi connectivity index (χ2n) is 7.60. The maximum atomic E-state index is 12.7. The average molecular weight is 439 g/mol. The minimum absolute atomic E-state index is 0.131. The molecule has 1 unspecified atom stereocenters. The van der Waals surface area contributed by atoms with Gasteiger partial charge in [-0.25, -0.2) is 4.79 Å². The van der Waals surface area contributed by atoms with Crippen LogP contribution in [0.3, 0.4) is 0 Å². The quantitative estimate of drug-likeness (QED) is 0.579. The fourth-order valence-corrected chi connectivity index (χ4v) is 3.65. The van der Waals surface area contributed by atoms with Gasteiger partial charge in [-0.05, 0) is 48.2 Å². The van der Waals surface area contributed by atoms with Crippen molar-refractivity contribution in [3.8, 4) is 17.2 Å². The predicted molar refractivity (Wildman–Crippen MR) is 114 cm³/mol. The smallest absolute Gasteiger partial charge is 0.325 e. The zero-order valence-corrected chi connectivity index (χ0v) is 17.8. The number of rotatable bonds is 9. The molecular formula is C23H25N3O6. The van der Waals surface area contributed by atoms with Gasteiger partial charge < -0.3 is 24.8 Å². The summed E-state index contributed by atoms with van der Waals surface area (Å²) in [5.74, 6) is 1.53. The summed E-state index contributed by atoms with van der Waals surface area (Å²) >= 11 is 0. The molecule has 168 valence electrons. The van der Waals surface area contributed by atoms with Crippen molar-refractivity contribution in [3.05, 3.63) is 53.6 Å². The normalized spacial score (nSPS) is 16.8. The average Bonchev–Trinajstić information content (AvgIpc) is 3.37. The van der Waals surface area contributed by atoms with Crippen LogP contribution in [-0.2, 0) is 22.6 Å². The Hall–Kier alpha value is -3.75. The van der Waals surface area contributed by atoms with E-state index in [4.69, 9.17) is 14.2 Å². The molecule has 4 rings (SSSR count). The van der Waals surface area contributed by atoms with Gasteiger partial charge in [-0.1, -0.05) is 18.2 Å². The summed E-state index contributed by atoms with van der Waals surface area (Å²) in [5, 5.41) is 5.52. The highest BCUT2D eigenvalue weighted by molar-refractivity contribution is 6.04. The summed E-state index contributed by atoms with van der Waals surface area (Å²) < 4.78 is 15.7. The summed E-state index contributed by atoms with van der Waals surface area (Å²) in [6, 6.07) is 11.8. The number of carbonyl (C=O) groups excluding carboxylic acids is 3. The summed E-state index contributed by atoms with van der Waals surface area (Å²) in [5.41, 5.74) is 1.85. The third kappa shape index (κ3) is 4.93. The molecule has 0 aliphatic carbocycles. The van der Waals surface area contributed by atoms with Gasteiger partial charge in [0.15, 0.2) is 11.5 Å². The van der Waals surface area contributed by atoms with Crippen LogP contribution in [0.5, 0.6) is 17.2 Å². The molecular weight excluding hydrogens is 414 g/mol. The Balaban J connectivity index is 1.21. The second kappa shape index (κ2) is 9.59. The molecule has 0 aromatic heterocycles. The molecule has 4 amide bonds. The molecule has 9 heteroatoms. The number of benzene rings is 2. The first kappa shape index (κ1) is 21.5. The van der Waals surface area contributed by atoms with E-state index in [1.807, 2.05) is 24.3 Å². The molecule has 1 fully saturated rings. The molecule has 2 heterocycles. The largest absolute Gasteiger partial charge is 0.497 e. The topological polar surface area (TPSA) is 106 Å². The Morgan fingerprint density at radius 2 is 1.88 bits per heavy atom. The number of nitrogens with zero attached hydrogens (tertiary/aromatic N) is 1. The van der Waals surface area contributed by atoms with E-state index < -0.39 is 12.1 Å². The maximum absolute atomic E-state index is 12.7. The summed E-state index contributed by atoms with van der Waals surface area (Å²) in [6.07, 6.45) is 1.09. The molecule has 2 aliphatic rings. The lowest BCUT2D eigenvalue weighted by Gasteiger charge is -2.13. The van der Waals surface area contributed by atoms with Crippen LogP contribution < -0.4 is 24.8 Å². The molecule has 2 N–H and O–H groups in total. The molecule has 0 spiro atoms. The molecule has 0 saturated carbocycles. The standard InChI is InChI=1S/C23H25N3O6/c1-30-17-5-2-15(3-6-17)10-11-24-21(27)9-7-18-22(28)26(23(29)25-18)13-16-4-8-19-20(12-16)32-14-31-19/h2-6,8,12,18H,7,9-11,13-14H2,1H3,(H,24,27)(H,25,29). The van der Waals surface area contributed by atoms with E-state index in [9.17, 15) is 14.4 Å². The summed E-state index contributed by atoms with van der Waals surface area (Å²) in [7, 11) is 1.61. The van der Waals surface area contributed by atoms with Crippen LogP contribution in [0.2, 0.25) is 0 Å².